The van der Waals surface area contributed by atoms with E-state index in [4.69, 9.17) is 0 Å². The van der Waals surface area contributed by atoms with Crippen molar-refractivity contribution in [2.24, 2.45) is 0 Å². The standard InChI is InChI=1S/C21H19FN4OS/c1-13(14-5-3-2-4-6-14)10-23-19(27)12-28-21-20-17(11-24-26-21)16-9-15(22)7-8-18(16)25-20/h2-9,11,13,25H,10,12H2,1H3,(H,23,27)/t13-/m0/s1. The molecule has 0 aliphatic rings. The Morgan fingerprint density at radius 1 is 1.21 bits per heavy atom. The van der Waals surface area contributed by atoms with Gasteiger partial charge in [0.2, 0.25) is 5.91 Å². The summed E-state index contributed by atoms with van der Waals surface area (Å²) < 4.78 is 13.6. The molecule has 2 aromatic heterocycles. The van der Waals surface area contributed by atoms with Gasteiger partial charge in [-0.2, -0.15) is 5.10 Å². The number of nitrogens with zero attached hydrogens (tertiary/aromatic N) is 2. The van der Waals surface area contributed by atoms with Crippen molar-refractivity contribution in [1.82, 2.24) is 20.5 Å². The minimum absolute atomic E-state index is 0.0614. The molecule has 1 amide bonds. The quantitative estimate of drug-likeness (QED) is 0.479. The Balaban J connectivity index is 1.42. The summed E-state index contributed by atoms with van der Waals surface area (Å²) in [7, 11) is 0. The van der Waals surface area contributed by atoms with Crippen LogP contribution in [-0.4, -0.2) is 33.4 Å². The molecule has 0 unspecified atom stereocenters. The van der Waals surface area contributed by atoms with Crippen LogP contribution in [0.4, 0.5) is 4.39 Å². The first-order valence-electron chi connectivity index (χ1n) is 8.99. The summed E-state index contributed by atoms with van der Waals surface area (Å²) in [5.41, 5.74) is 2.77. The third kappa shape index (κ3) is 3.84. The molecule has 0 aliphatic heterocycles. The predicted molar refractivity (Wildman–Crippen MR) is 110 cm³/mol. The molecular weight excluding hydrogens is 375 g/mol. The molecule has 2 heterocycles. The summed E-state index contributed by atoms with van der Waals surface area (Å²) in [6.45, 7) is 2.66. The molecule has 2 aromatic carbocycles. The predicted octanol–water partition coefficient (Wildman–Crippen LogP) is 4.26. The Kier molecular flexibility index (Phi) is 5.25. The Morgan fingerprint density at radius 3 is 2.86 bits per heavy atom. The van der Waals surface area contributed by atoms with Gasteiger partial charge in [0.25, 0.3) is 0 Å². The number of hydrogen-bond acceptors (Lipinski definition) is 4. The van der Waals surface area contributed by atoms with E-state index in [-0.39, 0.29) is 23.4 Å². The van der Waals surface area contributed by atoms with E-state index >= 15 is 0 Å². The molecule has 0 saturated heterocycles. The number of aromatic nitrogens is 3. The second-order valence-electron chi connectivity index (χ2n) is 6.66. The molecule has 7 heteroatoms. The van der Waals surface area contributed by atoms with Crippen LogP contribution in [0.1, 0.15) is 18.4 Å². The first-order valence-corrected chi connectivity index (χ1v) is 9.97. The number of halogens is 1. The zero-order valence-electron chi connectivity index (χ0n) is 15.3. The fourth-order valence-electron chi connectivity index (χ4n) is 3.13. The van der Waals surface area contributed by atoms with E-state index < -0.39 is 0 Å². The van der Waals surface area contributed by atoms with E-state index in [1.165, 1.54) is 29.5 Å². The lowest BCUT2D eigenvalue weighted by molar-refractivity contribution is -0.118. The number of hydrogen-bond donors (Lipinski definition) is 2. The van der Waals surface area contributed by atoms with Gasteiger partial charge in [-0.15, -0.1) is 5.10 Å². The first kappa shape index (κ1) is 18.4. The topological polar surface area (TPSA) is 70.7 Å². The fraction of sp³-hybridized carbons (Fsp3) is 0.190. The van der Waals surface area contributed by atoms with Crippen LogP contribution in [0, 0.1) is 5.82 Å². The summed E-state index contributed by atoms with van der Waals surface area (Å²) in [6.07, 6.45) is 1.61. The van der Waals surface area contributed by atoms with Crippen molar-refractivity contribution >= 4 is 39.5 Å². The maximum atomic E-state index is 13.6. The largest absolute Gasteiger partial charge is 0.355 e. The number of benzene rings is 2. The second kappa shape index (κ2) is 7.98. The summed E-state index contributed by atoms with van der Waals surface area (Å²) in [5.74, 6) is 0.112. The van der Waals surface area contributed by atoms with Crippen LogP contribution < -0.4 is 5.32 Å². The van der Waals surface area contributed by atoms with Crippen LogP contribution in [0.3, 0.4) is 0 Å². The van der Waals surface area contributed by atoms with Crippen LogP contribution >= 0.6 is 11.8 Å². The molecule has 0 fully saturated rings. The zero-order chi connectivity index (χ0) is 19.5. The Morgan fingerprint density at radius 2 is 2.04 bits per heavy atom. The van der Waals surface area contributed by atoms with Crippen molar-refractivity contribution in [2.45, 2.75) is 17.9 Å². The van der Waals surface area contributed by atoms with Crippen LogP contribution in [-0.2, 0) is 4.79 Å². The molecule has 2 N–H and O–H groups in total. The van der Waals surface area contributed by atoms with Gasteiger partial charge in [-0.05, 0) is 29.7 Å². The van der Waals surface area contributed by atoms with Gasteiger partial charge in [0, 0.05) is 22.8 Å². The van der Waals surface area contributed by atoms with Gasteiger partial charge >= 0.3 is 0 Å². The zero-order valence-corrected chi connectivity index (χ0v) is 16.1. The minimum Gasteiger partial charge on any atom is -0.355 e. The lowest BCUT2D eigenvalue weighted by atomic mass is 10.0. The minimum atomic E-state index is -0.300. The number of nitrogens with one attached hydrogen (secondary N) is 2. The number of fused-ring (bicyclic) bond motifs is 3. The average molecular weight is 394 g/mol. The lowest BCUT2D eigenvalue weighted by Gasteiger charge is -2.12. The number of rotatable bonds is 6. The van der Waals surface area contributed by atoms with Crippen LogP contribution in [0.2, 0.25) is 0 Å². The molecule has 5 nitrogen and oxygen atoms in total. The third-order valence-corrected chi connectivity index (χ3v) is 5.63. The van der Waals surface area contributed by atoms with Gasteiger partial charge in [0.15, 0.2) is 0 Å². The number of aromatic amines is 1. The van der Waals surface area contributed by atoms with Crippen LogP contribution in [0.25, 0.3) is 21.8 Å². The highest BCUT2D eigenvalue weighted by Crippen LogP contribution is 2.30. The van der Waals surface area contributed by atoms with Crippen LogP contribution in [0.5, 0.6) is 0 Å². The van der Waals surface area contributed by atoms with E-state index in [2.05, 4.69) is 39.6 Å². The fourth-order valence-corrected chi connectivity index (χ4v) is 3.91. The summed E-state index contributed by atoms with van der Waals surface area (Å²) >= 11 is 1.31. The molecule has 4 rings (SSSR count). The van der Waals surface area contributed by atoms with Gasteiger partial charge in [-0.25, -0.2) is 4.39 Å². The lowest BCUT2D eigenvalue weighted by Crippen LogP contribution is -2.29. The second-order valence-corrected chi connectivity index (χ2v) is 7.62. The maximum Gasteiger partial charge on any atom is 0.230 e. The highest BCUT2D eigenvalue weighted by molar-refractivity contribution is 8.00. The SMILES string of the molecule is C[C@@H](CNC(=O)CSc1nncc2c1[nH]c1ccc(F)cc12)c1ccccc1. The molecule has 0 aliphatic carbocycles. The highest BCUT2D eigenvalue weighted by atomic mass is 32.2. The van der Waals surface area contributed by atoms with Gasteiger partial charge < -0.3 is 10.3 Å². The number of H-pyrrole nitrogens is 1. The number of amides is 1. The molecule has 142 valence electrons. The van der Waals surface area contributed by atoms with Crippen molar-refractivity contribution in [3.05, 3.63) is 66.1 Å². The highest BCUT2D eigenvalue weighted by Gasteiger charge is 2.13. The molecule has 0 bridgehead atoms. The van der Waals surface area contributed by atoms with Crippen molar-refractivity contribution in [2.75, 3.05) is 12.3 Å². The third-order valence-electron chi connectivity index (χ3n) is 4.66. The van der Waals surface area contributed by atoms with E-state index in [0.29, 0.717) is 11.6 Å². The van der Waals surface area contributed by atoms with Gasteiger partial charge in [-0.3, -0.25) is 4.79 Å². The molecule has 4 aromatic rings. The normalized spacial score (nSPS) is 12.4. The Hall–Kier alpha value is -2.93. The van der Waals surface area contributed by atoms with Crippen molar-refractivity contribution in [1.29, 1.82) is 0 Å². The average Bonchev–Trinajstić information content (AvgIpc) is 3.09. The molecule has 0 saturated carbocycles. The Bertz CT molecular complexity index is 1130. The van der Waals surface area contributed by atoms with Gasteiger partial charge in [-0.1, -0.05) is 49.0 Å². The molecule has 28 heavy (non-hydrogen) atoms. The van der Waals surface area contributed by atoms with E-state index in [1.54, 1.807) is 12.3 Å². The Labute approximate surface area is 165 Å². The number of carbonyl (C=O) groups excluding carboxylic acids is 1. The van der Waals surface area contributed by atoms with E-state index in [9.17, 15) is 9.18 Å². The molecule has 0 spiro atoms. The van der Waals surface area contributed by atoms with Gasteiger partial charge in [0.1, 0.15) is 10.8 Å². The monoisotopic (exact) mass is 394 g/mol. The molecule has 0 radical (unpaired) electrons. The van der Waals surface area contributed by atoms with Gasteiger partial charge in [0.05, 0.1) is 17.5 Å². The maximum absolute atomic E-state index is 13.6. The number of thioether (sulfide) groups is 1. The van der Waals surface area contributed by atoms with Crippen molar-refractivity contribution < 1.29 is 9.18 Å². The summed E-state index contributed by atoms with van der Waals surface area (Å²) in [6, 6.07) is 14.7. The number of carbonyl (C=O) groups is 1. The summed E-state index contributed by atoms with van der Waals surface area (Å²) in [5, 5.41) is 13.3. The summed E-state index contributed by atoms with van der Waals surface area (Å²) in [4.78, 5) is 15.5. The first-order chi connectivity index (χ1) is 13.6. The van der Waals surface area contributed by atoms with E-state index in [1.807, 2.05) is 18.2 Å². The van der Waals surface area contributed by atoms with Crippen molar-refractivity contribution in [3.63, 3.8) is 0 Å². The van der Waals surface area contributed by atoms with E-state index in [0.717, 1.165) is 21.8 Å². The van der Waals surface area contributed by atoms with Crippen molar-refractivity contribution in [3.8, 4) is 0 Å². The molecule has 1 atom stereocenters. The smallest absolute Gasteiger partial charge is 0.230 e. The molecular formula is C21H19FN4OS. The van der Waals surface area contributed by atoms with Crippen LogP contribution in [0.15, 0.2) is 59.8 Å².